The highest BCUT2D eigenvalue weighted by Crippen LogP contribution is 2.17. The van der Waals surface area contributed by atoms with Crippen LogP contribution in [0.3, 0.4) is 0 Å². The van der Waals surface area contributed by atoms with E-state index >= 15 is 0 Å². The third-order valence-corrected chi connectivity index (χ3v) is 3.45. The molecule has 2 fully saturated rings. The zero-order valence-electron chi connectivity index (χ0n) is 10.4. The molecule has 1 amide bonds. The minimum absolute atomic E-state index is 0.0436. The number of nitrogens with two attached hydrogens (primary N) is 1. The Bertz CT molecular complexity index is 264. The second-order valence-electron chi connectivity index (χ2n) is 4.91. The zero-order valence-corrected chi connectivity index (χ0v) is 10.4. The lowest BCUT2D eigenvalue weighted by Crippen LogP contribution is -2.54. The fraction of sp³-hybridized carbons (Fsp3) is 0.917. The van der Waals surface area contributed by atoms with Crippen LogP contribution in [0.25, 0.3) is 0 Å². The van der Waals surface area contributed by atoms with Gasteiger partial charge in [-0.25, -0.2) is 0 Å². The summed E-state index contributed by atoms with van der Waals surface area (Å²) in [5.41, 5.74) is 5.81. The van der Waals surface area contributed by atoms with Gasteiger partial charge in [-0.05, 0) is 26.2 Å². The summed E-state index contributed by atoms with van der Waals surface area (Å²) < 4.78 is 11.1. The minimum atomic E-state index is -0.240. The van der Waals surface area contributed by atoms with Crippen LogP contribution in [0, 0.1) is 0 Å². The number of hydrogen-bond acceptors (Lipinski definition) is 4. The first kappa shape index (κ1) is 12.8. The van der Waals surface area contributed by atoms with Crippen molar-refractivity contribution in [3.05, 3.63) is 0 Å². The zero-order chi connectivity index (χ0) is 12.3. The fourth-order valence-corrected chi connectivity index (χ4v) is 2.33. The average molecular weight is 242 g/mol. The van der Waals surface area contributed by atoms with Gasteiger partial charge in [0.25, 0.3) is 5.91 Å². The van der Waals surface area contributed by atoms with Crippen LogP contribution in [0.4, 0.5) is 0 Å². The number of carbonyl (C=O) groups excluding carboxylic acids is 1. The number of rotatable bonds is 2. The molecule has 0 radical (unpaired) electrons. The van der Waals surface area contributed by atoms with Gasteiger partial charge in [0.2, 0.25) is 0 Å². The standard InChI is InChI=1S/C12H22N2O3/c1-9(13)11-8-14(5-7-17-11)12(15)10-4-2-3-6-16-10/h9-11H,2-8,13H2,1H3. The lowest BCUT2D eigenvalue weighted by Gasteiger charge is -2.37. The Labute approximate surface area is 102 Å². The van der Waals surface area contributed by atoms with Gasteiger partial charge in [0.1, 0.15) is 6.10 Å². The van der Waals surface area contributed by atoms with Gasteiger partial charge in [-0.3, -0.25) is 4.79 Å². The van der Waals surface area contributed by atoms with Crippen LogP contribution in [0.5, 0.6) is 0 Å². The maximum Gasteiger partial charge on any atom is 0.251 e. The topological polar surface area (TPSA) is 64.8 Å². The summed E-state index contributed by atoms with van der Waals surface area (Å²) in [6.07, 6.45) is 2.71. The van der Waals surface area contributed by atoms with Crippen LogP contribution >= 0.6 is 0 Å². The van der Waals surface area contributed by atoms with Gasteiger partial charge in [0.15, 0.2) is 0 Å². The highest BCUT2D eigenvalue weighted by atomic mass is 16.5. The molecule has 3 atom stereocenters. The molecule has 2 N–H and O–H groups in total. The summed E-state index contributed by atoms with van der Waals surface area (Å²) in [7, 11) is 0. The first-order valence-electron chi connectivity index (χ1n) is 6.46. The summed E-state index contributed by atoms with van der Waals surface area (Å²) >= 11 is 0. The van der Waals surface area contributed by atoms with E-state index in [2.05, 4.69) is 0 Å². The Morgan fingerprint density at radius 2 is 2.18 bits per heavy atom. The van der Waals surface area contributed by atoms with E-state index in [1.807, 2.05) is 11.8 Å². The van der Waals surface area contributed by atoms with Crippen LogP contribution < -0.4 is 5.73 Å². The first-order chi connectivity index (χ1) is 8.18. The molecule has 5 nitrogen and oxygen atoms in total. The van der Waals surface area contributed by atoms with Crippen LogP contribution in [0.2, 0.25) is 0 Å². The van der Waals surface area contributed by atoms with Gasteiger partial charge in [0, 0.05) is 25.7 Å². The van der Waals surface area contributed by atoms with Crippen molar-refractivity contribution in [2.75, 3.05) is 26.3 Å². The molecule has 0 aliphatic carbocycles. The predicted octanol–water partition coefficient (Wildman–Crippen LogP) is 0.130. The van der Waals surface area contributed by atoms with Crippen molar-refractivity contribution in [1.82, 2.24) is 4.90 Å². The van der Waals surface area contributed by atoms with Gasteiger partial charge in [-0.2, -0.15) is 0 Å². The average Bonchev–Trinajstić information content (AvgIpc) is 2.39. The highest BCUT2D eigenvalue weighted by Gasteiger charge is 2.31. The molecule has 2 rings (SSSR count). The van der Waals surface area contributed by atoms with Crippen LogP contribution in [-0.4, -0.2) is 55.4 Å². The normalized spacial score (nSPS) is 32.2. The summed E-state index contributed by atoms with van der Waals surface area (Å²) in [4.78, 5) is 14.1. The molecule has 2 aliphatic heterocycles. The number of nitrogens with zero attached hydrogens (tertiary/aromatic N) is 1. The van der Waals surface area contributed by atoms with Crippen molar-refractivity contribution in [2.45, 2.75) is 44.4 Å². The van der Waals surface area contributed by atoms with E-state index < -0.39 is 0 Å². The third-order valence-electron chi connectivity index (χ3n) is 3.45. The molecule has 0 saturated carbocycles. The van der Waals surface area contributed by atoms with Gasteiger partial charge in [-0.15, -0.1) is 0 Å². The molecule has 2 aliphatic rings. The SMILES string of the molecule is CC(N)C1CN(C(=O)C2CCCCO2)CCO1. The minimum Gasteiger partial charge on any atom is -0.373 e. The van der Waals surface area contributed by atoms with E-state index in [4.69, 9.17) is 15.2 Å². The Balaban J connectivity index is 1.89. The summed E-state index contributed by atoms with van der Waals surface area (Å²) in [5, 5.41) is 0. The first-order valence-corrected chi connectivity index (χ1v) is 6.46. The molecule has 2 heterocycles. The number of carbonyl (C=O) groups is 1. The summed E-state index contributed by atoms with van der Waals surface area (Å²) in [6.45, 7) is 4.44. The van der Waals surface area contributed by atoms with Gasteiger partial charge >= 0.3 is 0 Å². The highest BCUT2D eigenvalue weighted by molar-refractivity contribution is 5.81. The van der Waals surface area contributed by atoms with Crippen LogP contribution in [-0.2, 0) is 14.3 Å². The molecule has 0 aromatic carbocycles. The maximum absolute atomic E-state index is 12.2. The lowest BCUT2D eigenvalue weighted by atomic mass is 10.1. The molecular formula is C12H22N2O3. The Morgan fingerprint density at radius 3 is 2.82 bits per heavy atom. The van der Waals surface area contributed by atoms with Crippen molar-refractivity contribution < 1.29 is 14.3 Å². The second kappa shape index (κ2) is 5.80. The number of amides is 1. The van der Waals surface area contributed by atoms with Crippen molar-refractivity contribution in [3.8, 4) is 0 Å². The molecule has 0 spiro atoms. The van der Waals surface area contributed by atoms with E-state index in [0.29, 0.717) is 26.3 Å². The summed E-state index contributed by atoms with van der Waals surface area (Å²) in [6, 6.07) is -0.0436. The molecule has 5 heteroatoms. The molecule has 0 aromatic heterocycles. The third kappa shape index (κ3) is 3.18. The fourth-order valence-electron chi connectivity index (χ4n) is 2.33. The molecule has 98 valence electrons. The smallest absolute Gasteiger partial charge is 0.251 e. The van der Waals surface area contributed by atoms with Crippen molar-refractivity contribution in [3.63, 3.8) is 0 Å². The van der Waals surface area contributed by atoms with Gasteiger partial charge < -0.3 is 20.1 Å². The monoisotopic (exact) mass is 242 g/mol. The summed E-state index contributed by atoms with van der Waals surface area (Å²) in [5.74, 6) is 0.110. The number of hydrogen-bond donors (Lipinski definition) is 1. The van der Waals surface area contributed by atoms with E-state index in [1.165, 1.54) is 0 Å². The van der Waals surface area contributed by atoms with E-state index in [0.717, 1.165) is 19.3 Å². The van der Waals surface area contributed by atoms with Gasteiger partial charge in [-0.1, -0.05) is 0 Å². The quantitative estimate of drug-likeness (QED) is 0.747. The van der Waals surface area contributed by atoms with E-state index in [-0.39, 0.29) is 24.2 Å². The van der Waals surface area contributed by atoms with Crippen molar-refractivity contribution >= 4 is 5.91 Å². The second-order valence-corrected chi connectivity index (χ2v) is 4.91. The van der Waals surface area contributed by atoms with Crippen molar-refractivity contribution in [2.24, 2.45) is 5.73 Å². The van der Waals surface area contributed by atoms with Crippen LogP contribution in [0.15, 0.2) is 0 Å². The Kier molecular flexibility index (Phi) is 4.36. The Morgan fingerprint density at radius 1 is 1.35 bits per heavy atom. The molecule has 3 unspecified atom stereocenters. The van der Waals surface area contributed by atoms with E-state index in [9.17, 15) is 4.79 Å². The maximum atomic E-state index is 12.2. The van der Waals surface area contributed by atoms with E-state index in [1.54, 1.807) is 0 Å². The molecular weight excluding hydrogens is 220 g/mol. The molecule has 17 heavy (non-hydrogen) atoms. The largest absolute Gasteiger partial charge is 0.373 e. The van der Waals surface area contributed by atoms with Crippen molar-refractivity contribution in [1.29, 1.82) is 0 Å². The predicted molar refractivity (Wildman–Crippen MR) is 63.6 cm³/mol. The number of morpholine rings is 1. The Hall–Kier alpha value is -0.650. The van der Waals surface area contributed by atoms with Gasteiger partial charge in [0.05, 0.1) is 12.7 Å². The molecule has 0 bridgehead atoms. The molecule has 0 aromatic rings. The lowest BCUT2D eigenvalue weighted by molar-refractivity contribution is -0.154. The van der Waals surface area contributed by atoms with Crippen LogP contribution in [0.1, 0.15) is 26.2 Å². The number of ether oxygens (including phenoxy) is 2. The molecule has 2 saturated heterocycles.